The van der Waals surface area contributed by atoms with E-state index in [0.717, 1.165) is 37.1 Å². The van der Waals surface area contributed by atoms with Crippen molar-refractivity contribution in [3.05, 3.63) is 27.9 Å². The number of rotatable bonds is 3. The van der Waals surface area contributed by atoms with E-state index in [1.54, 1.807) is 6.07 Å². The molecule has 1 aliphatic rings. The predicted molar refractivity (Wildman–Crippen MR) is 69.5 cm³/mol. The Balaban J connectivity index is 2.03. The molecule has 1 fully saturated rings. The maximum atomic E-state index is 10.6. The molecule has 6 nitrogen and oxygen atoms in total. The van der Waals surface area contributed by atoms with Gasteiger partial charge in [0.25, 0.3) is 5.69 Å². The van der Waals surface area contributed by atoms with Crippen molar-refractivity contribution in [1.29, 1.82) is 0 Å². The average molecular weight is 250 g/mol. The van der Waals surface area contributed by atoms with E-state index in [2.05, 4.69) is 10.3 Å². The molecule has 0 aliphatic heterocycles. The van der Waals surface area contributed by atoms with Crippen LogP contribution in [0.5, 0.6) is 0 Å². The highest BCUT2D eigenvalue weighted by Crippen LogP contribution is 2.23. The predicted octanol–water partition coefficient (Wildman–Crippen LogP) is 1.98. The highest BCUT2D eigenvalue weighted by Gasteiger charge is 2.19. The molecule has 0 spiro atoms. The fraction of sp³-hybridized carbons (Fsp3) is 0.583. The molecule has 6 heteroatoms. The first-order chi connectivity index (χ1) is 8.56. The number of aryl methyl sites for hydroxylation is 1. The summed E-state index contributed by atoms with van der Waals surface area (Å²) in [6, 6.07) is 2.23. The highest BCUT2D eigenvalue weighted by atomic mass is 16.6. The van der Waals surface area contributed by atoms with Crippen LogP contribution < -0.4 is 11.1 Å². The number of hydrogen-bond donors (Lipinski definition) is 2. The third-order valence-electron chi connectivity index (χ3n) is 3.39. The first-order valence-electron chi connectivity index (χ1n) is 6.19. The molecule has 0 bridgehead atoms. The van der Waals surface area contributed by atoms with Gasteiger partial charge < -0.3 is 11.1 Å². The smallest absolute Gasteiger partial charge is 0.287 e. The summed E-state index contributed by atoms with van der Waals surface area (Å²) in [5.74, 6) is 0.737. The van der Waals surface area contributed by atoms with Crippen LogP contribution in [0.2, 0.25) is 0 Å². The maximum Gasteiger partial charge on any atom is 0.287 e. The molecule has 3 N–H and O–H groups in total. The van der Waals surface area contributed by atoms with E-state index in [-0.39, 0.29) is 5.69 Å². The van der Waals surface area contributed by atoms with Crippen LogP contribution in [0.1, 0.15) is 31.2 Å². The van der Waals surface area contributed by atoms with Crippen molar-refractivity contribution < 1.29 is 4.92 Å². The van der Waals surface area contributed by atoms with Gasteiger partial charge in [0.05, 0.1) is 4.92 Å². The normalized spacial score (nSPS) is 23.7. The van der Waals surface area contributed by atoms with E-state index in [0.29, 0.717) is 12.1 Å². The van der Waals surface area contributed by atoms with Crippen LogP contribution in [0.15, 0.2) is 12.3 Å². The Kier molecular flexibility index (Phi) is 3.76. The van der Waals surface area contributed by atoms with E-state index in [9.17, 15) is 10.1 Å². The second-order valence-electron chi connectivity index (χ2n) is 4.87. The zero-order valence-corrected chi connectivity index (χ0v) is 10.4. The monoisotopic (exact) mass is 250 g/mol. The summed E-state index contributed by atoms with van der Waals surface area (Å²) < 4.78 is 0. The second kappa shape index (κ2) is 5.30. The van der Waals surface area contributed by atoms with Crippen LogP contribution in [0, 0.1) is 17.0 Å². The summed E-state index contributed by atoms with van der Waals surface area (Å²) in [6.45, 7) is 1.83. The molecule has 1 aliphatic carbocycles. The average Bonchev–Trinajstić information content (AvgIpc) is 2.34. The Labute approximate surface area is 106 Å². The van der Waals surface area contributed by atoms with E-state index in [1.807, 2.05) is 6.92 Å². The molecule has 18 heavy (non-hydrogen) atoms. The SMILES string of the molecule is Cc1cc([N+](=O)[O-])cnc1NC1CCC(N)CC1. The largest absolute Gasteiger partial charge is 0.367 e. The molecule has 1 aromatic rings. The molecule has 1 aromatic heterocycles. The van der Waals surface area contributed by atoms with Gasteiger partial charge in [-0.05, 0) is 38.2 Å². The van der Waals surface area contributed by atoms with Crippen LogP contribution in [0.4, 0.5) is 11.5 Å². The number of nitrogens with one attached hydrogen (secondary N) is 1. The minimum absolute atomic E-state index is 0.0312. The fourth-order valence-corrected chi connectivity index (χ4v) is 2.27. The lowest BCUT2D eigenvalue weighted by molar-refractivity contribution is -0.385. The number of nitrogens with zero attached hydrogens (tertiary/aromatic N) is 2. The van der Waals surface area contributed by atoms with Crippen molar-refractivity contribution in [2.45, 2.75) is 44.7 Å². The quantitative estimate of drug-likeness (QED) is 0.632. The van der Waals surface area contributed by atoms with Crippen molar-refractivity contribution in [3.8, 4) is 0 Å². The van der Waals surface area contributed by atoms with E-state index < -0.39 is 4.92 Å². The summed E-state index contributed by atoms with van der Waals surface area (Å²) in [5.41, 5.74) is 6.69. The van der Waals surface area contributed by atoms with E-state index in [1.165, 1.54) is 6.20 Å². The zero-order valence-electron chi connectivity index (χ0n) is 10.4. The van der Waals surface area contributed by atoms with Gasteiger partial charge in [0, 0.05) is 18.2 Å². The van der Waals surface area contributed by atoms with Gasteiger partial charge in [0.15, 0.2) is 0 Å². The number of anilines is 1. The number of nitro groups is 1. The molecule has 0 atom stereocenters. The van der Waals surface area contributed by atoms with Gasteiger partial charge >= 0.3 is 0 Å². The minimum Gasteiger partial charge on any atom is -0.367 e. The Morgan fingerprint density at radius 3 is 2.67 bits per heavy atom. The van der Waals surface area contributed by atoms with Gasteiger partial charge in [-0.1, -0.05) is 0 Å². The number of pyridine rings is 1. The lowest BCUT2D eigenvalue weighted by Gasteiger charge is -2.27. The zero-order chi connectivity index (χ0) is 13.1. The van der Waals surface area contributed by atoms with Gasteiger partial charge in [0.1, 0.15) is 12.0 Å². The van der Waals surface area contributed by atoms with Crippen LogP contribution in [0.25, 0.3) is 0 Å². The van der Waals surface area contributed by atoms with Gasteiger partial charge in [-0.2, -0.15) is 0 Å². The van der Waals surface area contributed by atoms with Crippen molar-refractivity contribution in [1.82, 2.24) is 4.98 Å². The minimum atomic E-state index is -0.427. The van der Waals surface area contributed by atoms with Gasteiger partial charge in [0.2, 0.25) is 0 Å². The molecule has 2 rings (SSSR count). The summed E-state index contributed by atoms with van der Waals surface area (Å²) in [5, 5.41) is 14.0. The number of nitrogens with two attached hydrogens (primary N) is 1. The molecular weight excluding hydrogens is 232 g/mol. The maximum absolute atomic E-state index is 10.6. The second-order valence-corrected chi connectivity index (χ2v) is 4.87. The van der Waals surface area contributed by atoms with Gasteiger partial charge in [-0.25, -0.2) is 4.98 Å². The Bertz CT molecular complexity index is 442. The fourth-order valence-electron chi connectivity index (χ4n) is 2.27. The van der Waals surface area contributed by atoms with Gasteiger partial charge in [-0.3, -0.25) is 10.1 Å². The summed E-state index contributed by atoms with van der Waals surface area (Å²) in [6.07, 6.45) is 5.38. The molecular formula is C12H18N4O2. The van der Waals surface area contributed by atoms with Crippen LogP contribution in [0.3, 0.4) is 0 Å². The molecule has 0 amide bonds. The van der Waals surface area contributed by atoms with Gasteiger partial charge in [-0.15, -0.1) is 0 Å². The Morgan fingerprint density at radius 1 is 1.44 bits per heavy atom. The third kappa shape index (κ3) is 2.95. The Morgan fingerprint density at radius 2 is 2.11 bits per heavy atom. The number of hydrogen-bond acceptors (Lipinski definition) is 5. The van der Waals surface area contributed by atoms with Crippen LogP contribution in [-0.2, 0) is 0 Å². The van der Waals surface area contributed by atoms with Crippen molar-refractivity contribution in [2.75, 3.05) is 5.32 Å². The molecule has 0 saturated heterocycles. The third-order valence-corrected chi connectivity index (χ3v) is 3.39. The van der Waals surface area contributed by atoms with E-state index in [4.69, 9.17) is 5.73 Å². The van der Waals surface area contributed by atoms with E-state index >= 15 is 0 Å². The lowest BCUT2D eigenvalue weighted by atomic mass is 9.92. The highest BCUT2D eigenvalue weighted by molar-refractivity contribution is 5.48. The van der Waals surface area contributed by atoms with Crippen molar-refractivity contribution >= 4 is 11.5 Å². The first-order valence-corrected chi connectivity index (χ1v) is 6.19. The molecule has 98 valence electrons. The lowest BCUT2D eigenvalue weighted by Crippen LogP contribution is -2.33. The summed E-state index contributed by atoms with van der Waals surface area (Å²) in [7, 11) is 0. The van der Waals surface area contributed by atoms with Crippen LogP contribution >= 0.6 is 0 Å². The molecule has 0 unspecified atom stereocenters. The molecule has 1 saturated carbocycles. The van der Waals surface area contributed by atoms with Crippen molar-refractivity contribution in [2.24, 2.45) is 5.73 Å². The molecule has 1 heterocycles. The summed E-state index contributed by atoms with van der Waals surface area (Å²) >= 11 is 0. The molecule has 0 radical (unpaired) electrons. The molecule has 0 aromatic carbocycles. The first kappa shape index (κ1) is 12.8. The van der Waals surface area contributed by atoms with Crippen molar-refractivity contribution in [3.63, 3.8) is 0 Å². The van der Waals surface area contributed by atoms with Crippen LogP contribution in [-0.4, -0.2) is 22.0 Å². The summed E-state index contributed by atoms with van der Waals surface area (Å²) in [4.78, 5) is 14.3. The number of aromatic nitrogens is 1. The Hall–Kier alpha value is -1.69. The standard InChI is InChI=1S/C12H18N4O2/c1-8-6-11(16(17)18)7-14-12(8)15-10-4-2-9(13)3-5-10/h6-7,9-10H,2-5,13H2,1H3,(H,14,15). The topological polar surface area (TPSA) is 94.1 Å².